The molecule has 1 amide bonds. The van der Waals surface area contributed by atoms with E-state index in [1.807, 2.05) is 35.7 Å². The molecule has 3 rings (SSSR count). The molecule has 0 unspecified atom stereocenters. The fourth-order valence-electron chi connectivity index (χ4n) is 2.14. The van der Waals surface area contributed by atoms with Gasteiger partial charge in [-0.2, -0.15) is 0 Å². The minimum absolute atomic E-state index is 0.405. The van der Waals surface area contributed by atoms with E-state index in [0.29, 0.717) is 10.7 Å². The second-order valence-electron chi connectivity index (χ2n) is 5.31. The number of amides is 1. The minimum atomic E-state index is -0.920. The molecule has 6 heteroatoms. The molecule has 1 N–H and O–H groups in total. The summed E-state index contributed by atoms with van der Waals surface area (Å²) in [5, 5.41) is 5.01. The molecule has 1 atom stereocenters. The number of esters is 1. The van der Waals surface area contributed by atoms with Crippen LogP contribution in [0.2, 0.25) is 0 Å². The van der Waals surface area contributed by atoms with Gasteiger partial charge in [0.05, 0.1) is 11.3 Å². The Morgan fingerprint density at radius 2 is 1.68 bits per heavy atom. The number of hydrogen-bond donors (Lipinski definition) is 1. The first-order chi connectivity index (χ1) is 12.1. The third-order valence-corrected chi connectivity index (χ3v) is 4.22. The summed E-state index contributed by atoms with van der Waals surface area (Å²) in [6, 6.07) is 18.2. The number of aromatic nitrogens is 1. The Morgan fingerprint density at radius 3 is 2.36 bits per heavy atom. The van der Waals surface area contributed by atoms with Crippen LogP contribution in [0.25, 0.3) is 11.3 Å². The van der Waals surface area contributed by atoms with Crippen LogP contribution in [0.1, 0.15) is 17.3 Å². The average molecular weight is 352 g/mol. The smallest absolute Gasteiger partial charge is 0.338 e. The van der Waals surface area contributed by atoms with Gasteiger partial charge in [-0.15, -0.1) is 11.3 Å². The first-order valence-corrected chi connectivity index (χ1v) is 8.59. The standard InChI is InChI=1S/C19H16N2O3S/c1-13(24-18(23)15-10-6-3-7-11-15)17(22)21-19-20-16(12-25-19)14-8-4-2-5-9-14/h2-13H,1H3,(H,20,21,22)/t13-/m0/s1. The Labute approximate surface area is 149 Å². The molecule has 1 heterocycles. The van der Waals surface area contributed by atoms with E-state index in [1.165, 1.54) is 18.3 Å². The van der Waals surface area contributed by atoms with Crippen molar-refractivity contribution in [3.8, 4) is 11.3 Å². The van der Waals surface area contributed by atoms with Gasteiger partial charge < -0.3 is 4.74 Å². The molecule has 25 heavy (non-hydrogen) atoms. The summed E-state index contributed by atoms with van der Waals surface area (Å²) in [4.78, 5) is 28.6. The van der Waals surface area contributed by atoms with Crippen molar-refractivity contribution in [3.63, 3.8) is 0 Å². The molecule has 0 bridgehead atoms. The molecule has 0 saturated heterocycles. The van der Waals surface area contributed by atoms with Crippen LogP contribution in [-0.4, -0.2) is 23.0 Å². The number of benzene rings is 2. The fraction of sp³-hybridized carbons (Fsp3) is 0.105. The van der Waals surface area contributed by atoms with Gasteiger partial charge in [-0.05, 0) is 19.1 Å². The van der Waals surface area contributed by atoms with Crippen molar-refractivity contribution in [1.29, 1.82) is 0 Å². The Hall–Kier alpha value is -2.99. The highest BCUT2D eigenvalue weighted by atomic mass is 32.1. The number of carbonyl (C=O) groups excluding carboxylic acids is 2. The molecule has 5 nitrogen and oxygen atoms in total. The molecule has 3 aromatic rings. The molecular weight excluding hydrogens is 336 g/mol. The first-order valence-electron chi connectivity index (χ1n) is 7.71. The average Bonchev–Trinajstić information content (AvgIpc) is 3.11. The largest absolute Gasteiger partial charge is 0.449 e. The van der Waals surface area contributed by atoms with Gasteiger partial charge in [-0.3, -0.25) is 10.1 Å². The van der Waals surface area contributed by atoms with Crippen molar-refractivity contribution in [3.05, 3.63) is 71.6 Å². The molecular formula is C19H16N2O3S. The van der Waals surface area contributed by atoms with Crippen molar-refractivity contribution in [2.24, 2.45) is 0 Å². The molecule has 0 radical (unpaired) electrons. The normalized spacial score (nSPS) is 11.6. The lowest BCUT2D eigenvalue weighted by atomic mass is 10.2. The zero-order valence-corrected chi connectivity index (χ0v) is 14.3. The second kappa shape index (κ2) is 7.72. The van der Waals surface area contributed by atoms with Gasteiger partial charge in [-0.1, -0.05) is 48.5 Å². The van der Waals surface area contributed by atoms with Crippen molar-refractivity contribution in [2.75, 3.05) is 5.32 Å². The molecule has 0 aliphatic rings. The zero-order chi connectivity index (χ0) is 17.6. The van der Waals surface area contributed by atoms with Gasteiger partial charge in [0.2, 0.25) is 0 Å². The van der Waals surface area contributed by atoms with Crippen LogP contribution in [0.5, 0.6) is 0 Å². The number of ether oxygens (including phenoxy) is 1. The van der Waals surface area contributed by atoms with Crippen molar-refractivity contribution < 1.29 is 14.3 Å². The molecule has 0 saturated carbocycles. The summed E-state index contributed by atoms with van der Waals surface area (Å²) in [6.45, 7) is 1.53. The second-order valence-corrected chi connectivity index (χ2v) is 6.16. The first kappa shape index (κ1) is 16.9. The number of carbonyl (C=O) groups is 2. The van der Waals surface area contributed by atoms with Gasteiger partial charge in [0.25, 0.3) is 5.91 Å². The highest BCUT2D eigenvalue weighted by molar-refractivity contribution is 7.14. The number of nitrogens with one attached hydrogen (secondary N) is 1. The summed E-state index contributed by atoms with van der Waals surface area (Å²) >= 11 is 1.32. The molecule has 1 aromatic heterocycles. The number of hydrogen-bond acceptors (Lipinski definition) is 5. The van der Waals surface area contributed by atoms with E-state index in [0.717, 1.165) is 11.3 Å². The summed E-state index contributed by atoms with van der Waals surface area (Å²) in [5.41, 5.74) is 2.17. The molecule has 0 spiro atoms. The van der Waals surface area contributed by atoms with E-state index >= 15 is 0 Å². The molecule has 126 valence electrons. The van der Waals surface area contributed by atoms with Gasteiger partial charge in [0, 0.05) is 10.9 Å². The fourth-order valence-corrected chi connectivity index (χ4v) is 2.86. The Kier molecular flexibility index (Phi) is 5.20. The van der Waals surface area contributed by atoms with Crippen LogP contribution in [0, 0.1) is 0 Å². The van der Waals surface area contributed by atoms with Gasteiger partial charge >= 0.3 is 5.97 Å². The third-order valence-electron chi connectivity index (χ3n) is 3.47. The maximum Gasteiger partial charge on any atom is 0.338 e. The summed E-state index contributed by atoms with van der Waals surface area (Å²) < 4.78 is 5.19. The topological polar surface area (TPSA) is 68.3 Å². The van der Waals surface area contributed by atoms with Crippen molar-refractivity contribution >= 4 is 28.3 Å². The SMILES string of the molecule is C[C@H](OC(=O)c1ccccc1)C(=O)Nc1nc(-c2ccccc2)cs1. The van der Waals surface area contributed by atoms with Gasteiger partial charge in [-0.25, -0.2) is 9.78 Å². The lowest BCUT2D eigenvalue weighted by Crippen LogP contribution is -2.29. The summed E-state index contributed by atoms with van der Waals surface area (Å²) in [7, 11) is 0. The lowest BCUT2D eigenvalue weighted by molar-refractivity contribution is -0.123. The number of rotatable bonds is 5. The Bertz CT molecular complexity index is 863. The summed E-state index contributed by atoms with van der Waals surface area (Å²) in [6.07, 6.45) is -0.920. The number of anilines is 1. The van der Waals surface area contributed by atoms with E-state index < -0.39 is 18.0 Å². The van der Waals surface area contributed by atoms with Gasteiger partial charge in [0.15, 0.2) is 11.2 Å². The highest BCUT2D eigenvalue weighted by Gasteiger charge is 2.20. The maximum absolute atomic E-state index is 12.2. The van der Waals surface area contributed by atoms with E-state index in [9.17, 15) is 9.59 Å². The molecule has 2 aromatic carbocycles. The van der Waals surface area contributed by atoms with E-state index in [2.05, 4.69) is 10.3 Å². The predicted molar refractivity (Wildman–Crippen MR) is 97.5 cm³/mol. The number of thiazole rings is 1. The Morgan fingerprint density at radius 1 is 1.04 bits per heavy atom. The van der Waals surface area contributed by atoms with E-state index in [4.69, 9.17) is 4.74 Å². The maximum atomic E-state index is 12.2. The highest BCUT2D eigenvalue weighted by Crippen LogP contribution is 2.24. The van der Waals surface area contributed by atoms with Crippen LogP contribution in [-0.2, 0) is 9.53 Å². The van der Waals surface area contributed by atoms with Crippen LogP contribution < -0.4 is 5.32 Å². The summed E-state index contributed by atoms with van der Waals surface area (Å²) in [5.74, 6) is -0.953. The minimum Gasteiger partial charge on any atom is -0.449 e. The van der Waals surface area contributed by atoms with Gasteiger partial charge in [0.1, 0.15) is 0 Å². The van der Waals surface area contributed by atoms with Crippen molar-refractivity contribution in [2.45, 2.75) is 13.0 Å². The lowest BCUT2D eigenvalue weighted by Gasteiger charge is -2.12. The molecule has 0 aliphatic carbocycles. The monoisotopic (exact) mass is 352 g/mol. The Balaban J connectivity index is 1.60. The molecule has 0 aliphatic heterocycles. The van der Waals surface area contributed by atoms with Crippen LogP contribution in [0.3, 0.4) is 0 Å². The van der Waals surface area contributed by atoms with Crippen molar-refractivity contribution in [1.82, 2.24) is 4.98 Å². The zero-order valence-electron chi connectivity index (χ0n) is 13.5. The predicted octanol–water partition coefficient (Wildman–Crippen LogP) is 3.99. The van der Waals surface area contributed by atoms with Crippen LogP contribution >= 0.6 is 11.3 Å². The number of nitrogens with zero attached hydrogens (tertiary/aromatic N) is 1. The van der Waals surface area contributed by atoms with E-state index in [1.54, 1.807) is 30.3 Å². The third kappa shape index (κ3) is 4.30. The van der Waals surface area contributed by atoms with Crippen LogP contribution in [0.15, 0.2) is 66.0 Å². The quantitative estimate of drug-likeness (QED) is 0.705. The van der Waals surface area contributed by atoms with Crippen LogP contribution in [0.4, 0.5) is 5.13 Å². The van der Waals surface area contributed by atoms with E-state index in [-0.39, 0.29) is 0 Å². The molecule has 0 fully saturated rings.